The minimum Gasteiger partial charge on any atom is -0.338 e. The average Bonchev–Trinajstić information content (AvgIpc) is 2.93. The molecule has 1 aromatic heterocycles. The van der Waals surface area contributed by atoms with Crippen molar-refractivity contribution in [2.75, 3.05) is 0 Å². The number of hydrogen-bond donors (Lipinski definition) is 1. The summed E-state index contributed by atoms with van der Waals surface area (Å²) < 4.78 is 5.29. The standard InChI is InChI=1S/C13H23N3O/c1-3-4-5-11(14)13-15-12(16-17-13)10-7-6-9(2)8-10/h9-11H,3-8,14H2,1-2H3. The number of unbranched alkanes of at least 4 members (excludes halogenated alkanes) is 1. The van der Waals surface area contributed by atoms with Crippen LogP contribution < -0.4 is 5.73 Å². The molecule has 4 nitrogen and oxygen atoms in total. The van der Waals surface area contributed by atoms with Crippen molar-refractivity contribution in [3.8, 4) is 0 Å². The van der Waals surface area contributed by atoms with E-state index in [1.165, 1.54) is 19.3 Å². The molecule has 1 saturated carbocycles. The molecule has 4 heteroatoms. The van der Waals surface area contributed by atoms with Crippen molar-refractivity contribution in [3.05, 3.63) is 11.7 Å². The molecule has 1 aliphatic rings. The topological polar surface area (TPSA) is 64.9 Å². The van der Waals surface area contributed by atoms with E-state index in [1.807, 2.05) is 0 Å². The van der Waals surface area contributed by atoms with Crippen molar-refractivity contribution in [1.82, 2.24) is 10.1 Å². The van der Waals surface area contributed by atoms with Crippen LogP contribution in [0.1, 0.15) is 76.0 Å². The van der Waals surface area contributed by atoms with Gasteiger partial charge in [-0.15, -0.1) is 0 Å². The molecule has 0 amide bonds. The zero-order chi connectivity index (χ0) is 12.3. The first kappa shape index (κ1) is 12.6. The molecule has 1 aliphatic carbocycles. The molecule has 96 valence electrons. The van der Waals surface area contributed by atoms with Crippen LogP contribution in [0.3, 0.4) is 0 Å². The van der Waals surface area contributed by atoms with E-state index in [0.717, 1.165) is 31.0 Å². The highest BCUT2D eigenvalue weighted by Gasteiger charge is 2.27. The van der Waals surface area contributed by atoms with E-state index in [1.54, 1.807) is 0 Å². The van der Waals surface area contributed by atoms with Gasteiger partial charge in [-0.3, -0.25) is 0 Å². The van der Waals surface area contributed by atoms with Crippen LogP contribution in [0.15, 0.2) is 4.52 Å². The van der Waals surface area contributed by atoms with Crippen LogP contribution >= 0.6 is 0 Å². The first-order valence-electron chi connectivity index (χ1n) is 6.79. The zero-order valence-corrected chi connectivity index (χ0v) is 10.9. The Kier molecular flexibility index (Phi) is 4.15. The summed E-state index contributed by atoms with van der Waals surface area (Å²) in [5.41, 5.74) is 6.02. The number of rotatable bonds is 5. The molecule has 2 N–H and O–H groups in total. The molecular weight excluding hydrogens is 214 g/mol. The number of hydrogen-bond acceptors (Lipinski definition) is 4. The molecule has 17 heavy (non-hydrogen) atoms. The molecule has 0 saturated heterocycles. The molecule has 1 aromatic rings. The Morgan fingerprint density at radius 1 is 1.47 bits per heavy atom. The van der Waals surface area contributed by atoms with Crippen molar-refractivity contribution < 1.29 is 4.52 Å². The van der Waals surface area contributed by atoms with Crippen molar-refractivity contribution in [1.29, 1.82) is 0 Å². The second-order valence-electron chi connectivity index (χ2n) is 5.35. The van der Waals surface area contributed by atoms with E-state index in [2.05, 4.69) is 24.0 Å². The molecule has 2 rings (SSSR count). The second-order valence-corrected chi connectivity index (χ2v) is 5.35. The first-order valence-corrected chi connectivity index (χ1v) is 6.79. The van der Waals surface area contributed by atoms with E-state index in [-0.39, 0.29) is 6.04 Å². The summed E-state index contributed by atoms with van der Waals surface area (Å²) in [6.07, 6.45) is 6.83. The summed E-state index contributed by atoms with van der Waals surface area (Å²) in [6, 6.07) is -0.0879. The van der Waals surface area contributed by atoms with Crippen LogP contribution in [0.2, 0.25) is 0 Å². The molecule has 0 spiro atoms. The highest BCUT2D eigenvalue weighted by molar-refractivity contribution is 5.00. The maximum Gasteiger partial charge on any atom is 0.243 e. The van der Waals surface area contributed by atoms with Crippen LogP contribution in [-0.2, 0) is 0 Å². The fraction of sp³-hybridized carbons (Fsp3) is 0.846. The fourth-order valence-corrected chi connectivity index (χ4v) is 2.55. The fourth-order valence-electron chi connectivity index (χ4n) is 2.55. The lowest BCUT2D eigenvalue weighted by molar-refractivity contribution is 0.340. The highest BCUT2D eigenvalue weighted by atomic mass is 16.5. The van der Waals surface area contributed by atoms with Crippen molar-refractivity contribution >= 4 is 0 Å². The molecular formula is C13H23N3O. The van der Waals surface area contributed by atoms with Crippen molar-refractivity contribution in [2.45, 2.75) is 64.3 Å². The Bertz CT molecular complexity index is 350. The monoisotopic (exact) mass is 237 g/mol. The lowest BCUT2D eigenvalue weighted by atomic mass is 10.1. The molecule has 0 bridgehead atoms. The summed E-state index contributed by atoms with van der Waals surface area (Å²) in [6.45, 7) is 4.44. The number of aromatic nitrogens is 2. The smallest absolute Gasteiger partial charge is 0.243 e. The van der Waals surface area contributed by atoms with Gasteiger partial charge in [-0.25, -0.2) is 0 Å². The summed E-state index contributed by atoms with van der Waals surface area (Å²) >= 11 is 0. The summed E-state index contributed by atoms with van der Waals surface area (Å²) in [5.74, 6) is 2.76. The van der Waals surface area contributed by atoms with Gasteiger partial charge < -0.3 is 10.3 Å². The number of nitrogens with zero attached hydrogens (tertiary/aromatic N) is 2. The number of nitrogens with two attached hydrogens (primary N) is 1. The van der Waals surface area contributed by atoms with Gasteiger partial charge >= 0.3 is 0 Å². The second kappa shape index (κ2) is 5.63. The minimum absolute atomic E-state index is 0.0879. The lowest BCUT2D eigenvalue weighted by Crippen LogP contribution is -2.10. The molecule has 3 unspecified atom stereocenters. The third-order valence-corrected chi connectivity index (χ3v) is 3.70. The summed E-state index contributed by atoms with van der Waals surface area (Å²) in [5, 5.41) is 4.10. The van der Waals surface area contributed by atoms with Crippen LogP contribution in [0, 0.1) is 5.92 Å². The van der Waals surface area contributed by atoms with Gasteiger partial charge in [0.25, 0.3) is 0 Å². The zero-order valence-electron chi connectivity index (χ0n) is 10.9. The summed E-state index contributed by atoms with van der Waals surface area (Å²) in [4.78, 5) is 4.48. The van der Waals surface area contributed by atoms with Gasteiger partial charge in [0.05, 0.1) is 6.04 Å². The Morgan fingerprint density at radius 2 is 2.29 bits per heavy atom. The average molecular weight is 237 g/mol. The quantitative estimate of drug-likeness (QED) is 0.854. The molecule has 1 heterocycles. The minimum atomic E-state index is -0.0879. The SMILES string of the molecule is CCCCC(N)c1nc(C2CCC(C)C2)no1. The predicted octanol–water partition coefficient (Wildman–Crippen LogP) is 3.16. The maximum atomic E-state index is 6.02. The van der Waals surface area contributed by atoms with E-state index in [9.17, 15) is 0 Å². The lowest BCUT2D eigenvalue weighted by Gasteiger charge is -2.04. The third kappa shape index (κ3) is 3.06. The largest absolute Gasteiger partial charge is 0.338 e. The van der Waals surface area contributed by atoms with E-state index in [4.69, 9.17) is 10.3 Å². The molecule has 0 aromatic carbocycles. The van der Waals surface area contributed by atoms with E-state index in [0.29, 0.717) is 11.8 Å². The molecule has 1 fully saturated rings. The normalized spacial score (nSPS) is 26.3. The van der Waals surface area contributed by atoms with Gasteiger partial charge in [0.15, 0.2) is 5.82 Å². The molecule has 0 radical (unpaired) electrons. The third-order valence-electron chi connectivity index (χ3n) is 3.70. The van der Waals surface area contributed by atoms with Gasteiger partial charge in [0, 0.05) is 5.92 Å². The van der Waals surface area contributed by atoms with Gasteiger partial charge in [0.1, 0.15) is 0 Å². The molecule has 0 aliphatic heterocycles. The highest BCUT2D eigenvalue weighted by Crippen LogP contribution is 2.36. The summed E-state index contributed by atoms with van der Waals surface area (Å²) in [7, 11) is 0. The molecule has 3 atom stereocenters. The van der Waals surface area contributed by atoms with Crippen LogP contribution in [-0.4, -0.2) is 10.1 Å². The van der Waals surface area contributed by atoms with Gasteiger partial charge in [-0.1, -0.05) is 31.8 Å². The van der Waals surface area contributed by atoms with Crippen LogP contribution in [0.5, 0.6) is 0 Å². The van der Waals surface area contributed by atoms with E-state index >= 15 is 0 Å². The predicted molar refractivity (Wildman–Crippen MR) is 66.5 cm³/mol. The van der Waals surface area contributed by atoms with Gasteiger partial charge in [-0.2, -0.15) is 4.98 Å². The van der Waals surface area contributed by atoms with Gasteiger partial charge in [0.2, 0.25) is 5.89 Å². The van der Waals surface area contributed by atoms with Crippen molar-refractivity contribution in [2.24, 2.45) is 11.7 Å². The van der Waals surface area contributed by atoms with Gasteiger partial charge in [-0.05, 0) is 31.6 Å². The Morgan fingerprint density at radius 3 is 2.94 bits per heavy atom. The Hall–Kier alpha value is -0.900. The van der Waals surface area contributed by atoms with Crippen LogP contribution in [0.4, 0.5) is 0 Å². The maximum absolute atomic E-state index is 6.02. The van der Waals surface area contributed by atoms with Crippen molar-refractivity contribution in [3.63, 3.8) is 0 Å². The Balaban J connectivity index is 1.95. The Labute approximate surface area is 103 Å². The first-order chi connectivity index (χ1) is 8.20. The van der Waals surface area contributed by atoms with E-state index < -0.39 is 0 Å². The van der Waals surface area contributed by atoms with Crippen LogP contribution in [0.25, 0.3) is 0 Å².